The van der Waals surface area contributed by atoms with Crippen LogP contribution in [0.25, 0.3) is 38.3 Å². The normalized spacial score (nSPS) is 12.6. The zero-order chi connectivity index (χ0) is 33.5. The summed E-state index contributed by atoms with van der Waals surface area (Å²) in [6, 6.07) is 62.2. The molecule has 0 radical (unpaired) electrons. The van der Waals surface area contributed by atoms with Crippen LogP contribution in [0, 0.1) is 0 Å². The van der Waals surface area contributed by atoms with Crippen LogP contribution in [0.5, 0.6) is 23.0 Å². The molecule has 0 unspecified atom stereocenters. The van der Waals surface area contributed by atoms with Crippen molar-refractivity contribution in [2.24, 2.45) is 0 Å². The van der Waals surface area contributed by atoms with Gasteiger partial charge in [0.05, 0.1) is 16.7 Å². The maximum Gasteiger partial charge on any atom is 0.260 e. The molecule has 238 valence electrons. The lowest BCUT2D eigenvalue weighted by Gasteiger charge is -2.33. The number of nitrogens with zero attached hydrogens (tertiary/aromatic N) is 2. The molecular weight excluding hydrogens is 623 g/mol. The summed E-state index contributed by atoms with van der Waals surface area (Å²) in [4.78, 5) is 2.37. The predicted molar refractivity (Wildman–Crippen MR) is 211 cm³/mol. The van der Waals surface area contributed by atoms with Crippen LogP contribution < -0.4 is 30.8 Å². The summed E-state index contributed by atoms with van der Waals surface area (Å²) >= 11 is 0. The lowest BCUT2D eigenvalue weighted by molar-refractivity contribution is 0.467. The number of hydrogen-bond donors (Lipinski definition) is 0. The summed E-state index contributed by atoms with van der Waals surface area (Å²) < 4.78 is 16.3. The van der Waals surface area contributed by atoms with Crippen molar-refractivity contribution in [1.82, 2.24) is 4.57 Å². The number of fused-ring (bicyclic) bond motifs is 10. The van der Waals surface area contributed by atoms with Crippen LogP contribution in [0.15, 0.2) is 176 Å². The van der Waals surface area contributed by atoms with Crippen molar-refractivity contribution < 1.29 is 9.47 Å². The van der Waals surface area contributed by atoms with E-state index in [0.29, 0.717) is 0 Å². The largest absolute Gasteiger partial charge is 0.458 e. The Labute approximate surface area is 295 Å². The van der Waals surface area contributed by atoms with Gasteiger partial charge in [-0.15, -0.1) is 0 Å². The number of hydrogen-bond acceptors (Lipinski definition) is 3. The van der Waals surface area contributed by atoms with Crippen LogP contribution in [-0.2, 0) is 0 Å². The molecule has 0 saturated carbocycles. The summed E-state index contributed by atoms with van der Waals surface area (Å²) in [5.41, 5.74) is 9.85. The number of ether oxygens (including phenoxy) is 2. The Kier molecular flexibility index (Phi) is 6.01. The first-order chi connectivity index (χ1) is 25.3. The third kappa shape index (κ3) is 4.09. The lowest BCUT2D eigenvalue weighted by Crippen LogP contribution is -2.57. The summed E-state index contributed by atoms with van der Waals surface area (Å²) in [5, 5.41) is 4.58. The SMILES string of the molecule is c1ccc(N(c2ccccc2)c2cc3c(c4ccccc24)c2cc4c5c(c2n3-c2ccccc2)Oc2ccccc2B5c2ccccc2O4)cc1. The average Bonchev–Trinajstić information content (AvgIpc) is 3.53. The van der Waals surface area contributed by atoms with E-state index in [0.717, 1.165) is 94.7 Å². The molecule has 3 heterocycles. The Morgan fingerprint density at radius 2 is 1.02 bits per heavy atom. The van der Waals surface area contributed by atoms with Gasteiger partial charge in [-0.25, -0.2) is 0 Å². The van der Waals surface area contributed by atoms with Crippen molar-refractivity contribution in [2.75, 3.05) is 4.90 Å². The van der Waals surface area contributed by atoms with Gasteiger partial charge in [-0.3, -0.25) is 0 Å². The fourth-order valence-corrected chi connectivity index (χ4v) is 8.38. The van der Waals surface area contributed by atoms with E-state index < -0.39 is 0 Å². The number of benzene rings is 8. The molecule has 8 aromatic carbocycles. The van der Waals surface area contributed by atoms with Crippen LogP contribution in [-0.4, -0.2) is 11.3 Å². The molecule has 0 N–H and O–H groups in total. The van der Waals surface area contributed by atoms with E-state index in [1.165, 1.54) is 0 Å². The second-order valence-corrected chi connectivity index (χ2v) is 13.2. The topological polar surface area (TPSA) is 26.6 Å². The molecule has 0 bridgehead atoms. The Morgan fingerprint density at radius 3 is 1.69 bits per heavy atom. The molecule has 0 atom stereocenters. The highest BCUT2D eigenvalue weighted by atomic mass is 16.5. The molecule has 4 nitrogen and oxygen atoms in total. The number of aromatic nitrogens is 1. The minimum Gasteiger partial charge on any atom is -0.458 e. The molecule has 5 heteroatoms. The smallest absolute Gasteiger partial charge is 0.260 e. The molecule has 9 aromatic rings. The number of anilines is 3. The molecule has 2 aliphatic rings. The Bertz CT molecular complexity index is 2760. The van der Waals surface area contributed by atoms with E-state index >= 15 is 0 Å². The van der Waals surface area contributed by atoms with Gasteiger partial charge in [0.25, 0.3) is 6.71 Å². The molecular formula is C46H29BN2O2. The van der Waals surface area contributed by atoms with E-state index in [1.807, 2.05) is 0 Å². The average molecular weight is 653 g/mol. The molecule has 0 amide bonds. The molecule has 0 fully saturated rings. The van der Waals surface area contributed by atoms with E-state index in [4.69, 9.17) is 9.47 Å². The van der Waals surface area contributed by atoms with Gasteiger partial charge in [0.2, 0.25) is 0 Å². The zero-order valence-electron chi connectivity index (χ0n) is 27.5. The third-order valence-electron chi connectivity index (χ3n) is 10.5. The van der Waals surface area contributed by atoms with E-state index in [-0.39, 0.29) is 6.71 Å². The third-order valence-corrected chi connectivity index (χ3v) is 10.5. The monoisotopic (exact) mass is 652 g/mol. The number of para-hydroxylation sites is 5. The summed E-state index contributed by atoms with van der Waals surface area (Å²) in [7, 11) is 0. The molecule has 0 saturated heterocycles. The van der Waals surface area contributed by atoms with Crippen molar-refractivity contribution in [3.63, 3.8) is 0 Å². The van der Waals surface area contributed by atoms with Crippen molar-refractivity contribution in [2.45, 2.75) is 0 Å². The maximum atomic E-state index is 7.06. The molecule has 1 aromatic heterocycles. The van der Waals surface area contributed by atoms with Crippen LogP contribution in [0.3, 0.4) is 0 Å². The maximum absolute atomic E-state index is 7.06. The van der Waals surface area contributed by atoms with Crippen LogP contribution in [0.4, 0.5) is 17.1 Å². The van der Waals surface area contributed by atoms with E-state index in [9.17, 15) is 0 Å². The van der Waals surface area contributed by atoms with Gasteiger partial charge in [0.1, 0.15) is 17.2 Å². The van der Waals surface area contributed by atoms with E-state index in [2.05, 4.69) is 185 Å². The van der Waals surface area contributed by atoms with Gasteiger partial charge < -0.3 is 18.9 Å². The van der Waals surface area contributed by atoms with Gasteiger partial charge in [0, 0.05) is 38.7 Å². The first-order valence-corrected chi connectivity index (χ1v) is 17.4. The highest BCUT2D eigenvalue weighted by molar-refractivity contribution is 6.98. The Hall–Kier alpha value is -6.72. The van der Waals surface area contributed by atoms with Gasteiger partial charge in [-0.1, -0.05) is 115 Å². The highest BCUT2D eigenvalue weighted by Gasteiger charge is 2.42. The Morgan fingerprint density at radius 1 is 0.471 bits per heavy atom. The summed E-state index contributed by atoms with van der Waals surface area (Å²) in [6.07, 6.45) is 0. The predicted octanol–water partition coefficient (Wildman–Crippen LogP) is 10.1. The minimum atomic E-state index is -0.0181. The fraction of sp³-hybridized carbons (Fsp3) is 0. The lowest BCUT2D eigenvalue weighted by atomic mass is 9.35. The first kappa shape index (κ1) is 28.2. The summed E-state index contributed by atoms with van der Waals surface area (Å²) in [6.45, 7) is -0.0181. The second-order valence-electron chi connectivity index (χ2n) is 13.2. The molecule has 2 aliphatic heterocycles. The first-order valence-electron chi connectivity index (χ1n) is 17.4. The summed E-state index contributed by atoms with van der Waals surface area (Å²) in [5.74, 6) is 3.44. The highest BCUT2D eigenvalue weighted by Crippen LogP contribution is 2.49. The molecule has 0 aliphatic carbocycles. The van der Waals surface area contributed by atoms with Gasteiger partial charge in [-0.2, -0.15) is 0 Å². The second kappa shape index (κ2) is 10.9. The standard InChI is InChI=1S/C46H29BN2O2/c1-4-16-30(17-5-1)48(31-18-6-2-7-19-31)38-29-39-43(34-23-11-10-22-33(34)38)35-28-42-44-46(45(35)49(39)32-20-8-3-9-21-32)51-41-27-15-13-25-37(41)47(44)36-24-12-14-26-40(36)50-42/h1-29H. The van der Waals surface area contributed by atoms with Gasteiger partial charge in [-0.05, 0) is 77.0 Å². The van der Waals surface area contributed by atoms with Gasteiger partial charge in [0.15, 0.2) is 5.75 Å². The molecule has 0 spiro atoms. The van der Waals surface area contributed by atoms with Crippen LogP contribution >= 0.6 is 0 Å². The quantitative estimate of drug-likeness (QED) is 0.177. The van der Waals surface area contributed by atoms with E-state index in [1.54, 1.807) is 0 Å². The Balaban J connectivity index is 1.32. The molecule has 11 rings (SSSR count). The van der Waals surface area contributed by atoms with Crippen LogP contribution in [0.1, 0.15) is 0 Å². The van der Waals surface area contributed by atoms with Crippen molar-refractivity contribution >= 4 is 72.7 Å². The van der Waals surface area contributed by atoms with Gasteiger partial charge >= 0.3 is 0 Å². The molecule has 51 heavy (non-hydrogen) atoms. The van der Waals surface area contributed by atoms with Crippen molar-refractivity contribution in [3.05, 3.63) is 176 Å². The zero-order valence-corrected chi connectivity index (χ0v) is 27.5. The van der Waals surface area contributed by atoms with Crippen molar-refractivity contribution in [3.8, 4) is 28.7 Å². The minimum absolute atomic E-state index is 0.0181. The van der Waals surface area contributed by atoms with Crippen molar-refractivity contribution in [1.29, 1.82) is 0 Å². The van der Waals surface area contributed by atoms with Crippen LogP contribution in [0.2, 0.25) is 0 Å². The fourth-order valence-electron chi connectivity index (χ4n) is 8.38. The number of rotatable bonds is 4.